The maximum absolute atomic E-state index is 6.04. The summed E-state index contributed by atoms with van der Waals surface area (Å²) in [6.45, 7) is 0. The molecule has 0 aliphatic heterocycles. The second-order valence-corrected chi connectivity index (χ2v) is 4.48. The zero-order valence-corrected chi connectivity index (χ0v) is 10.5. The van der Waals surface area contributed by atoms with Crippen molar-refractivity contribution in [2.45, 2.75) is 0 Å². The molecule has 90 valence electrons. The minimum absolute atomic E-state index is 0.535. The van der Waals surface area contributed by atoms with Crippen molar-refractivity contribution in [2.75, 3.05) is 5.73 Å². The molecule has 0 aliphatic carbocycles. The van der Waals surface area contributed by atoms with Crippen LogP contribution in [0.4, 0.5) is 5.69 Å². The van der Waals surface area contributed by atoms with Crippen molar-refractivity contribution >= 4 is 28.5 Å². The third-order valence-corrected chi connectivity index (χ3v) is 3.21. The molecule has 2 heterocycles. The average molecular weight is 259 g/mol. The SMILES string of the molecule is Cn1c(-c2ccc(N)c(Cl)c2)nc2cccnc21. The number of nitrogen functional groups attached to an aromatic ring is 1. The molecule has 1 aromatic carbocycles. The van der Waals surface area contributed by atoms with Crippen LogP contribution in [0.1, 0.15) is 0 Å². The number of rotatable bonds is 1. The first-order chi connectivity index (χ1) is 8.66. The molecule has 0 saturated heterocycles. The van der Waals surface area contributed by atoms with Gasteiger partial charge in [-0.1, -0.05) is 11.6 Å². The Hall–Kier alpha value is -2.07. The van der Waals surface area contributed by atoms with Crippen molar-refractivity contribution in [1.82, 2.24) is 14.5 Å². The summed E-state index contributed by atoms with van der Waals surface area (Å²) >= 11 is 6.04. The van der Waals surface area contributed by atoms with Crippen molar-refractivity contribution in [2.24, 2.45) is 7.05 Å². The molecule has 2 N–H and O–H groups in total. The predicted molar refractivity (Wildman–Crippen MR) is 73.4 cm³/mol. The van der Waals surface area contributed by atoms with Gasteiger partial charge < -0.3 is 10.3 Å². The topological polar surface area (TPSA) is 56.7 Å². The first-order valence-corrected chi connectivity index (χ1v) is 5.87. The Balaban J connectivity index is 2.25. The van der Waals surface area contributed by atoms with Gasteiger partial charge in [-0.05, 0) is 30.3 Å². The van der Waals surface area contributed by atoms with Crippen LogP contribution in [0.25, 0.3) is 22.6 Å². The average Bonchev–Trinajstić information content (AvgIpc) is 2.71. The molecule has 3 rings (SSSR count). The third-order valence-electron chi connectivity index (χ3n) is 2.89. The number of hydrogen-bond acceptors (Lipinski definition) is 3. The lowest BCUT2D eigenvalue weighted by Crippen LogP contribution is -1.94. The Kier molecular flexibility index (Phi) is 2.45. The number of pyridine rings is 1. The third kappa shape index (κ3) is 1.62. The number of anilines is 1. The lowest BCUT2D eigenvalue weighted by atomic mass is 10.2. The van der Waals surface area contributed by atoms with Crippen LogP contribution >= 0.6 is 11.6 Å². The highest BCUT2D eigenvalue weighted by molar-refractivity contribution is 6.33. The van der Waals surface area contributed by atoms with Gasteiger partial charge in [-0.3, -0.25) is 0 Å². The maximum atomic E-state index is 6.04. The van der Waals surface area contributed by atoms with E-state index >= 15 is 0 Å². The number of imidazole rings is 1. The molecule has 3 aromatic rings. The summed E-state index contributed by atoms with van der Waals surface area (Å²) in [4.78, 5) is 8.86. The van der Waals surface area contributed by atoms with Gasteiger partial charge in [-0.25, -0.2) is 9.97 Å². The normalized spacial score (nSPS) is 11.0. The molecule has 0 aliphatic rings. The van der Waals surface area contributed by atoms with Crippen molar-refractivity contribution in [3.8, 4) is 11.4 Å². The van der Waals surface area contributed by atoms with E-state index in [0.717, 1.165) is 22.6 Å². The molecule has 5 heteroatoms. The van der Waals surface area contributed by atoms with Crippen LogP contribution in [0.3, 0.4) is 0 Å². The molecule has 0 spiro atoms. The zero-order chi connectivity index (χ0) is 12.7. The van der Waals surface area contributed by atoms with Crippen LogP contribution in [0.15, 0.2) is 36.5 Å². The minimum atomic E-state index is 0.535. The number of nitrogens with zero attached hydrogens (tertiary/aromatic N) is 3. The summed E-state index contributed by atoms with van der Waals surface area (Å²) in [7, 11) is 1.93. The number of fused-ring (bicyclic) bond motifs is 1. The summed E-state index contributed by atoms with van der Waals surface area (Å²) in [5, 5.41) is 0.535. The Morgan fingerprint density at radius 2 is 2.11 bits per heavy atom. The summed E-state index contributed by atoms with van der Waals surface area (Å²) in [6.07, 6.45) is 1.75. The number of halogens is 1. The summed E-state index contributed by atoms with van der Waals surface area (Å²) in [5.74, 6) is 0.825. The molecule has 0 saturated carbocycles. The molecular formula is C13H11ClN4. The van der Waals surface area contributed by atoms with E-state index in [1.807, 2.05) is 35.9 Å². The molecule has 4 nitrogen and oxygen atoms in total. The first kappa shape index (κ1) is 11.0. The fraction of sp³-hybridized carbons (Fsp3) is 0.0769. The van der Waals surface area contributed by atoms with Gasteiger partial charge in [0.25, 0.3) is 0 Å². The van der Waals surface area contributed by atoms with E-state index in [2.05, 4.69) is 9.97 Å². The van der Waals surface area contributed by atoms with Crippen LogP contribution in [-0.2, 0) is 7.05 Å². The summed E-state index contributed by atoms with van der Waals surface area (Å²) in [6, 6.07) is 9.31. The van der Waals surface area contributed by atoms with Gasteiger partial charge in [-0.2, -0.15) is 0 Å². The van der Waals surface area contributed by atoms with Crippen molar-refractivity contribution in [3.63, 3.8) is 0 Å². The minimum Gasteiger partial charge on any atom is -0.398 e. The van der Waals surface area contributed by atoms with E-state index in [0.29, 0.717) is 10.7 Å². The lowest BCUT2D eigenvalue weighted by Gasteiger charge is -2.04. The smallest absolute Gasteiger partial charge is 0.159 e. The maximum Gasteiger partial charge on any atom is 0.159 e. The molecule has 2 aromatic heterocycles. The highest BCUT2D eigenvalue weighted by atomic mass is 35.5. The van der Waals surface area contributed by atoms with Crippen LogP contribution < -0.4 is 5.73 Å². The van der Waals surface area contributed by atoms with Gasteiger partial charge in [0.1, 0.15) is 11.3 Å². The number of hydrogen-bond donors (Lipinski definition) is 1. The van der Waals surface area contributed by atoms with Gasteiger partial charge in [0.05, 0.1) is 10.7 Å². The van der Waals surface area contributed by atoms with Gasteiger partial charge in [-0.15, -0.1) is 0 Å². The van der Waals surface area contributed by atoms with E-state index in [9.17, 15) is 0 Å². The summed E-state index contributed by atoms with van der Waals surface area (Å²) < 4.78 is 1.94. The van der Waals surface area contributed by atoms with Crippen molar-refractivity contribution in [3.05, 3.63) is 41.6 Å². The van der Waals surface area contributed by atoms with Crippen LogP contribution in [0.2, 0.25) is 5.02 Å². The van der Waals surface area contributed by atoms with E-state index in [4.69, 9.17) is 17.3 Å². The second kappa shape index (κ2) is 3.99. The standard InChI is InChI=1S/C13H11ClN4/c1-18-12(8-4-5-10(15)9(14)7-8)17-11-3-2-6-16-13(11)18/h2-7H,15H2,1H3. The van der Waals surface area contributed by atoms with E-state index < -0.39 is 0 Å². The number of aryl methyl sites for hydroxylation is 1. The summed E-state index contributed by atoms with van der Waals surface area (Å²) in [5.41, 5.74) is 8.91. The fourth-order valence-corrected chi connectivity index (χ4v) is 2.13. The number of aromatic nitrogens is 3. The van der Waals surface area contributed by atoms with Crippen molar-refractivity contribution in [1.29, 1.82) is 0 Å². The molecule has 0 radical (unpaired) electrons. The van der Waals surface area contributed by atoms with Crippen LogP contribution in [0.5, 0.6) is 0 Å². The molecule has 0 unspecified atom stereocenters. The zero-order valence-electron chi connectivity index (χ0n) is 9.76. The van der Waals surface area contributed by atoms with E-state index in [1.54, 1.807) is 12.3 Å². The highest BCUT2D eigenvalue weighted by Gasteiger charge is 2.11. The molecule has 0 atom stereocenters. The number of benzene rings is 1. The molecule has 0 fully saturated rings. The first-order valence-electron chi connectivity index (χ1n) is 5.49. The monoisotopic (exact) mass is 258 g/mol. The van der Waals surface area contributed by atoms with Crippen LogP contribution in [0, 0.1) is 0 Å². The quantitative estimate of drug-likeness (QED) is 0.683. The van der Waals surface area contributed by atoms with Crippen molar-refractivity contribution < 1.29 is 0 Å². The molecule has 0 bridgehead atoms. The van der Waals surface area contributed by atoms with Crippen LogP contribution in [-0.4, -0.2) is 14.5 Å². The van der Waals surface area contributed by atoms with Gasteiger partial charge in [0, 0.05) is 18.8 Å². The lowest BCUT2D eigenvalue weighted by molar-refractivity contribution is 0.942. The molecule has 18 heavy (non-hydrogen) atoms. The largest absolute Gasteiger partial charge is 0.398 e. The van der Waals surface area contributed by atoms with Gasteiger partial charge in [0.2, 0.25) is 0 Å². The molecular weight excluding hydrogens is 248 g/mol. The van der Waals surface area contributed by atoms with E-state index in [-0.39, 0.29) is 0 Å². The number of nitrogens with two attached hydrogens (primary N) is 1. The fourth-order valence-electron chi connectivity index (χ4n) is 1.95. The predicted octanol–water partition coefficient (Wildman–Crippen LogP) is 2.87. The van der Waals surface area contributed by atoms with Gasteiger partial charge in [0.15, 0.2) is 5.65 Å². The van der Waals surface area contributed by atoms with E-state index in [1.165, 1.54) is 0 Å². The second-order valence-electron chi connectivity index (χ2n) is 4.08. The van der Waals surface area contributed by atoms with Gasteiger partial charge >= 0.3 is 0 Å². The Bertz CT molecular complexity index is 733. The molecule has 0 amide bonds. The Morgan fingerprint density at radius 1 is 1.28 bits per heavy atom. The highest BCUT2D eigenvalue weighted by Crippen LogP contribution is 2.27. The Labute approximate surface area is 109 Å². The Morgan fingerprint density at radius 3 is 2.83 bits per heavy atom.